The summed E-state index contributed by atoms with van der Waals surface area (Å²) in [5.41, 5.74) is 2.87. The highest BCUT2D eigenvalue weighted by atomic mass is 32.2. The van der Waals surface area contributed by atoms with Crippen molar-refractivity contribution in [3.8, 4) is 11.5 Å². The average Bonchev–Trinajstić information content (AvgIpc) is 3.09. The number of nitrogens with one attached hydrogen (secondary N) is 1. The molecule has 0 radical (unpaired) electrons. The van der Waals surface area contributed by atoms with Crippen LogP contribution in [-0.4, -0.2) is 58.5 Å². The number of ether oxygens (including phenoxy) is 2. The lowest BCUT2D eigenvalue weighted by molar-refractivity contribution is -0.140. The minimum atomic E-state index is -4.29. The number of methoxy groups -OCH3 is 2. The van der Waals surface area contributed by atoms with Crippen molar-refractivity contribution in [2.24, 2.45) is 0 Å². The Morgan fingerprint density at radius 3 is 2.15 bits per heavy atom. The van der Waals surface area contributed by atoms with E-state index in [2.05, 4.69) is 5.32 Å². The molecular formula is C37H43N3O6S. The number of hydrogen-bond acceptors (Lipinski definition) is 6. The molecule has 1 N–H and O–H groups in total. The van der Waals surface area contributed by atoms with Crippen LogP contribution < -0.4 is 19.1 Å². The molecule has 10 heteroatoms. The Labute approximate surface area is 278 Å². The molecule has 4 aromatic rings. The van der Waals surface area contributed by atoms with E-state index in [0.717, 1.165) is 33.8 Å². The zero-order chi connectivity index (χ0) is 33.8. The lowest BCUT2D eigenvalue weighted by Gasteiger charge is -2.34. The zero-order valence-electron chi connectivity index (χ0n) is 27.4. The third-order valence-electron chi connectivity index (χ3n) is 7.98. The van der Waals surface area contributed by atoms with Crippen molar-refractivity contribution >= 4 is 27.5 Å². The Morgan fingerprint density at radius 2 is 1.49 bits per heavy atom. The van der Waals surface area contributed by atoms with E-state index in [9.17, 15) is 18.0 Å². The Hall–Kier alpha value is -4.83. The third kappa shape index (κ3) is 8.92. The first-order chi connectivity index (χ1) is 22.7. The molecule has 248 valence electrons. The van der Waals surface area contributed by atoms with Crippen LogP contribution in [0, 0.1) is 6.92 Å². The van der Waals surface area contributed by atoms with E-state index in [-0.39, 0.29) is 35.2 Å². The topological polar surface area (TPSA) is 105 Å². The second-order valence-corrected chi connectivity index (χ2v) is 13.0. The molecular weight excluding hydrogens is 614 g/mol. The molecule has 0 aromatic heterocycles. The Balaban J connectivity index is 1.82. The zero-order valence-corrected chi connectivity index (χ0v) is 28.2. The van der Waals surface area contributed by atoms with Gasteiger partial charge in [0.05, 0.1) is 24.8 Å². The predicted molar refractivity (Wildman–Crippen MR) is 184 cm³/mol. The van der Waals surface area contributed by atoms with Crippen LogP contribution in [0.15, 0.2) is 108 Å². The molecule has 0 unspecified atom stereocenters. The number of anilines is 1. The number of carbonyl (C=O) groups is 2. The molecule has 4 aromatic carbocycles. The SMILES string of the molecule is CCCCNC(=O)[C@@H](Cc1ccccc1)N(Cc1ccccc1C)C(=O)CN(c1ccccc1OC)S(=O)(=O)c1ccc(OC)cc1. The summed E-state index contributed by atoms with van der Waals surface area (Å²) >= 11 is 0. The number of carbonyl (C=O) groups excluding carboxylic acids is 2. The maximum absolute atomic E-state index is 14.7. The van der Waals surface area contributed by atoms with E-state index in [1.807, 2.05) is 68.4 Å². The lowest BCUT2D eigenvalue weighted by atomic mass is 10.0. The van der Waals surface area contributed by atoms with Gasteiger partial charge in [-0.3, -0.25) is 13.9 Å². The molecule has 4 rings (SSSR count). The molecule has 0 saturated carbocycles. The predicted octanol–water partition coefficient (Wildman–Crippen LogP) is 5.76. The molecule has 0 saturated heterocycles. The summed E-state index contributed by atoms with van der Waals surface area (Å²) in [6.07, 6.45) is 1.93. The first-order valence-corrected chi connectivity index (χ1v) is 17.1. The molecule has 0 fully saturated rings. The number of unbranched alkanes of at least 4 members (excludes halogenated alkanes) is 1. The highest BCUT2D eigenvalue weighted by Gasteiger charge is 2.35. The van der Waals surface area contributed by atoms with Crippen molar-refractivity contribution in [1.82, 2.24) is 10.2 Å². The van der Waals surface area contributed by atoms with Crippen LogP contribution in [0.4, 0.5) is 5.69 Å². The minimum absolute atomic E-state index is 0.0272. The van der Waals surface area contributed by atoms with Gasteiger partial charge in [-0.2, -0.15) is 0 Å². The summed E-state index contributed by atoms with van der Waals surface area (Å²) in [5, 5.41) is 3.01. The summed E-state index contributed by atoms with van der Waals surface area (Å²) < 4.78 is 40.5. The number of sulfonamides is 1. The van der Waals surface area contributed by atoms with Crippen LogP contribution in [0.5, 0.6) is 11.5 Å². The fourth-order valence-electron chi connectivity index (χ4n) is 5.26. The van der Waals surface area contributed by atoms with Crippen molar-refractivity contribution in [1.29, 1.82) is 0 Å². The number of amides is 2. The maximum atomic E-state index is 14.7. The second kappa shape index (κ2) is 16.6. The van der Waals surface area contributed by atoms with Gasteiger partial charge in [0.1, 0.15) is 24.1 Å². The average molecular weight is 658 g/mol. The minimum Gasteiger partial charge on any atom is -0.497 e. The molecule has 0 aliphatic rings. The molecule has 0 heterocycles. The van der Waals surface area contributed by atoms with Crippen molar-refractivity contribution in [2.75, 3.05) is 31.6 Å². The van der Waals surface area contributed by atoms with Crippen molar-refractivity contribution in [3.63, 3.8) is 0 Å². The summed E-state index contributed by atoms with van der Waals surface area (Å²) in [7, 11) is -1.35. The van der Waals surface area contributed by atoms with Crippen molar-refractivity contribution in [2.45, 2.75) is 50.6 Å². The van der Waals surface area contributed by atoms with E-state index in [1.165, 1.54) is 31.3 Å². The largest absolute Gasteiger partial charge is 0.497 e. The van der Waals surface area contributed by atoms with Crippen LogP contribution >= 0.6 is 0 Å². The van der Waals surface area contributed by atoms with Gasteiger partial charge in [0.15, 0.2) is 0 Å². The second-order valence-electron chi connectivity index (χ2n) is 11.2. The normalized spacial score (nSPS) is 11.7. The van der Waals surface area contributed by atoms with Gasteiger partial charge < -0.3 is 19.7 Å². The van der Waals surface area contributed by atoms with Gasteiger partial charge in [-0.25, -0.2) is 8.42 Å². The van der Waals surface area contributed by atoms with Crippen molar-refractivity contribution < 1.29 is 27.5 Å². The highest BCUT2D eigenvalue weighted by Crippen LogP contribution is 2.33. The number of nitrogens with zero attached hydrogens (tertiary/aromatic N) is 2. The summed E-state index contributed by atoms with van der Waals surface area (Å²) in [6.45, 7) is 3.98. The van der Waals surface area contributed by atoms with Gasteiger partial charge in [-0.05, 0) is 66.4 Å². The Kier molecular flexibility index (Phi) is 12.4. The fourth-order valence-corrected chi connectivity index (χ4v) is 6.68. The lowest BCUT2D eigenvalue weighted by Crippen LogP contribution is -2.53. The molecule has 2 amide bonds. The van der Waals surface area contributed by atoms with Crippen LogP contribution in [0.25, 0.3) is 0 Å². The highest BCUT2D eigenvalue weighted by molar-refractivity contribution is 7.92. The number of hydrogen-bond donors (Lipinski definition) is 1. The number of aryl methyl sites for hydroxylation is 1. The summed E-state index contributed by atoms with van der Waals surface area (Å²) in [4.78, 5) is 30.1. The smallest absolute Gasteiger partial charge is 0.264 e. The maximum Gasteiger partial charge on any atom is 0.264 e. The number of benzene rings is 4. The quantitative estimate of drug-likeness (QED) is 0.154. The van der Waals surface area contributed by atoms with Gasteiger partial charge >= 0.3 is 0 Å². The van der Waals surface area contributed by atoms with Gasteiger partial charge in [0.25, 0.3) is 10.0 Å². The molecule has 0 spiro atoms. The van der Waals surface area contributed by atoms with E-state index in [0.29, 0.717) is 12.3 Å². The molecule has 47 heavy (non-hydrogen) atoms. The van der Waals surface area contributed by atoms with Gasteiger partial charge in [0.2, 0.25) is 11.8 Å². The monoisotopic (exact) mass is 657 g/mol. The molecule has 9 nitrogen and oxygen atoms in total. The first-order valence-electron chi connectivity index (χ1n) is 15.6. The van der Waals surface area contributed by atoms with Gasteiger partial charge in [-0.15, -0.1) is 0 Å². The first kappa shape index (κ1) is 35.0. The van der Waals surface area contributed by atoms with Crippen LogP contribution in [-0.2, 0) is 32.6 Å². The fraction of sp³-hybridized carbons (Fsp3) is 0.297. The number of para-hydroxylation sites is 2. The van der Waals surface area contributed by atoms with E-state index >= 15 is 0 Å². The molecule has 0 aliphatic carbocycles. The van der Waals surface area contributed by atoms with Crippen LogP contribution in [0.2, 0.25) is 0 Å². The van der Waals surface area contributed by atoms with Gasteiger partial charge in [0, 0.05) is 19.5 Å². The van der Waals surface area contributed by atoms with Crippen LogP contribution in [0.3, 0.4) is 0 Å². The van der Waals surface area contributed by atoms with E-state index < -0.39 is 28.5 Å². The van der Waals surface area contributed by atoms with Gasteiger partial charge in [-0.1, -0.05) is 80.1 Å². The van der Waals surface area contributed by atoms with Crippen molar-refractivity contribution in [3.05, 3.63) is 120 Å². The number of rotatable bonds is 16. The Morgan fingerprint density at radius 1 is 0.830 bits per heavy atom. The molecule has 0 bridgehead atoms. The van der Waals surface area contributed by atoms with E-state index in [4.69, 9.17) is 9.47 Å². The molecule has 1 atom stereocenters. The van der Waals surface area contributed by atoms with Crippen LogP contribution in [0.1, 0.15) is 36.5 Å². The standard InChI is InChI=1S/C37H43N3O6S/c1-5-6-24-38-37(42)34(25-29-15-8-7-9-16-29)39(26-30-17-11-10-14-28(30)2)36(41)27-40(33-18-12-13-19-35(33)46-4)47(43,44)32-22-20-31(45-3)21-23-32/h7-23,34H,5-6,24-27H2,1-4H3,(H,38,42)/t34-/m1/s1. The van der Waals surface area contributed by atoms with E-state index in [1.54, 1.807) is 36.4 Å². The summed E-state index contributed by atoms with van der Waals surface area (Å²) in [5.74, 6) is -0.0685. The third-order valence-corrected chi connectivity index (χ3v) is 9.76. The Bertz CT molecular complexity index is 1730. The molecule has 0 aliphatic heterocycles. The summed E-state index contributed by atoms with van der Waals surface area (Å²) in [6, 6.07) is 28.9.